The van der Waals surface area contributed by atoms with E-state index in [0.29, 0.717) is 44.6 Å². The SMILES string of the molecule is Cc1ccc(C(=O)N2CCN(C(=O)CCC(C)N)CC2)cc1.Cl. The number of nitrogens with zero attached hydrogens (tertiary/aromatic N) is 2. The Balaban J connectivity index is 0.00000264. The summed E-state index contributed by atoms with van der Waals surface area (Å²) in [5.74, 6) is 0.183. The van der Waals surface area contributed by atoms with Crippen molar-refractivity contribution in [3.8, 4) is 0 Å². The fourth-order valence-electron chi connectivity index (χ4n) is 2.55. The van der Waals surface area contributed by atoms with Gasteiger partial charge in [-0.3, -0.25) is 9.59 Å². The molecule has 23 heavy (non-hydrogen) atoms. The van der Waals surface area contributed by atoms with E-state index in [-0.39, 0.29) is 30.3 Å². The van der Waals surface area contributed by atoms with Gasteiger partial charge in [-0.1, -0.05) is 17.7 Å². The molecule has 6 heteroatoms. The minimum atomic E-state index is 0. The molecule has 1 aromatic carbocycles. The van der Waals surface area contributed by atoms with Gasteiger partial charge in [0.25, 0.3) is 5.91 Å². The summed E-state index contributed by atoms with van der Waals surface area (Å²) in [6.45, 7) is 6.31. The normalized spacial score (nSPS) is 15.8. The van der Waals surface area contributed by atoms with Crippen LogP contribution in [0.5, 0.6) is 0 Å². The van der Waals surface area contributed by atoms with E-state index in [1.807, 2.05) is 47.9 Å². The maximum absolute atomic E-state index is 12.4. The monoisotopic (exact) mass is 339 g/mol. The van der Waals surface area contributed by atoms with Gasteiger partial charge in [-0.2, -0.15) is 0 Å². The highest BCUT2D eigenvalue weighted by atomic mass is 35.5. The summed E-state index contributed by atoms with van der Waals surface area (Å²) in [5.41, 5.74) is 7.53. The lowest BCUT2D eigenvalue weighted by atomic mass is 10.1. The summed E-state index contributed by atoms with van der Waals surface area (Å²) >= 11 is 0. The lowest BCUT2D eigenvalue weighted by molar-refractivity contribution is -0.132. The average Bonchev–Trinajstić information content (AvgIpc) is 2.53. The largest absolute Gasteiger partial charge is 0.339 e. The number of carbonyl (C=O) groups is 2. The first-order valence-corrected chi connectivity index (χ1v) is 7.86. The lowest BCUT2D eigenvalue weighted by Crippen LogP contribution is -2.50. The van der Waals surface area contributed by atoms with Crippen molar-refractivity contribution in [2.75, 3.05) is 26.2 Å². The Morgan fingerprint density at radius 3 is 2.13 bits per heavy atom. The number of halogens is 1. The first kappa shape index (κ1) is 19.5. The zero-order valence-corrected chi connectivity index (χ0v) is 14.6. The molecular formula is C17H26ClN3O2. The summed E-state index contributed by atoms with van der Waals surface area (Å²) < 4.78 is 0. The molecule has 0 spiro atoms. The molecule has 0 aliphatic carbocycles. The third-order valence-corrected chi connectivity index (χ3v) is 4.03. The van der Waals surface area contributed by atoms with E-state index in [2.05, 4.69) is 0 Å². The zero-order chi connectivity index (χ0) is 16.1. The Morgan fingerprint density at radius 1 is 1.09 bits per heavy atom. The van der Waals surface area contributed by atoms with Gasteiger partial charge in [0.15, 0.2) is 0 Å². The van der Waals surface area contributed by atoms with Gasteiger partial charge in [0.1, 0.15) is 0 Å². The quantitative estimate of drug-likeness (QED) is 0.910. The van der Waals surface area contributed by atoms with Crippen LogP contribution < -0.4 is 5.73 Å². The second-order valence-electron chi connectivity index (χ2n) is 6.05. The number of nitrogens with two attached hydrogens (primary N) is 1. The second kappa shape index (κ2) is 8.89. The van der Waals surface area contributed by atoms with Gasteiger partial charge < -0.3 is 15.5 Å². The number of hydrogen-bond donors (Lipinski definition) is 1. The van der Waals surface area contributed by atoms with Crippen molar-refractivity contribution in [1.82, 2.24) is 9.80 Å². The van der Waals surface area contributed by atoms with E-state index in [4.69, 9.17) is 5.73 Å². The van der Waals surface area contributed by atoms with Crippen molar-refractivity contribution >= 4 is 24.2 Å². The highest BCUT2D eigenvalue weighted by molar-refractivity contribution is 5.94. The minimum Gasteiger partial charge on any atom is -0.339 e. The van der Waals surface area contributed by atoms with Crippen LogP contribution in [-0.2, 0) is 4.79 Å². The molecule has 0 radical (unpaired) electrons. The van der Waals surface area contributed by atoms with Gasteiger partial charge in [-0.25, -0.2) is 0 Å². The van der Waals surface area contributed by atoms with Gasteiger partial charge in [-0.15, -0.1) is 12.4 Å². The molecule has 0 saturated carbocycles. The molecule has 5 nitrogen and oxygen atoms in total. The molecule has 1 atom stereocenters. The van der Waals surface area contributed by atoms with E-state index >= 15 is 0 Å². The molecule has 1 fully saturated rings. The Morgan fingerprint density at radius 2 is 1.61 bits per heavy atom. The predicted octanol–water partition coefficient (Wildman–Crippen LogP) is 1.83. The van der Waals surface area contributed by atoms with Crippen LogP contribution in [-0.4, -0.2) is 53.8 Å². The molecule has 1 aromatic rings. The molecular weight excluding hydrogens is 314 g/mol. The lowest BCUT2D eigenvalue weighted by Gasteiger charge is -2.35. The fourth-order valence-corrected chi connectivity index (χ4v) is 2.55. The average molecular weight is 340 g/mol. The van der Waals surface area contributed by atoms with Crippen LogP contribution in [0.3, 0.4) is 0 Å². The number of piperazine rings is 1. The first-order chi connectivity index (χ1) is 10.5. The van der Waals surface area contributed by atoms with E-state index in [1.165, 1.54) is 0 Å². The van der Waals surface area contributed by atoms with Gasteiger partial charge in [0.05, 0.1) is 0 Å². The van der Waals surface area contributed by atoms with Crippen molar-refractivity contribution < 1.29 is 9.59 Å². The Hall–Kier alpha value is -1.59. The molecule has 1 aliphatic heterocycles. The number of carbonyl (C=O) groups excluding carboxylic acids is 2. The number of aryl methyl sites for hydroxylation is 1. The maximum Gasteiger partial charge on any atom is 0.253 e. The van der Waals surface area contributed by atoms with E-state index in [0.717, 1.165) is 5.56 Å². The second-order valence-corrected chi connectivity index (χ2v) is 6.05. The molecule has 128 valence electrons. The minimum absolute atomic E-state index is 0. The molecule has 0 bridgehead atoms. The van der Waals surface area contributed by atoms with Crippen molar-refractivity contribution in [1.29, 1.82) is 0 Å². The molecule has 2 rings (SSSR count). The van der Waals surface area contributed by atoms with E-state index in [1.54, 1.807) is 0 Å². The Bertz CT molecular complexity index is 523. The molecule has 1 heterocycles. The Kier molecular flexibility index (Phi) is 7.52. The number of rotatable bonds is 4. The van der Waals surface area contributed by atoms with Crippen LogP contribution in [0.2, 0.25) is 0 Å². The highest BCUT2D eigenvalue weighted by Crippen LogP contribution is 2.11. The van der Waals surface area contributed by atoms with Gasteiger partial charge in [0.2, 0.25) is 5.91 Å². The zero-order valence-electron chi connectivity index (χ0n) is 13.8. The van der Waals surface area contributed by atoms with Crippen LogP contribution in [0.25, 0.3) is 0 Å². The molecule has 0 aromatic heterocycles. The van der Waals surface area contributed by atoms with Crippen molar-refractivity contribution in [3.63, 3.8) is 0 Å². The first-order valence-electron chi connectivity index (χ1n) is 7.86. The van der Waals surface area contributed by atoms with Gasteiger partial charge >= 0.3 is 0 Å². The summed E-state index contributed by atoms with van der Waals surface area (Å²) in [4.78, 5) is 28.1. The standard InChI is InChI=1S/C17H25N3O2.ClH/c1-13-3-6-15(7-4-13)17(22)20-11-9-19(10-12-20)16(21)8-5-14(2)18;/h3-4,6-7,14H,5,8-12,18H2,1-2H3;1H. The molecule has 2 amide bonds. The molecule has 1 unspecified atom stereocenters. The molecule has 1 aliphatic rings. The molecule has 1 saturated heterocycles. The van der Waals surface area contributed by atoms with E-state index in [9.17, 15) is 9.59 Å². The van der Waals surface area contributed by atoms with Gasteiger partial charge in [-0.05, 0) is 32.4 Å². The topological polar surface area (TPSA) is 66.6 Å². The smallest absolute Gasteiger partial charge is 0.253 e. The van der Waals surface area contributed by atoms with Crippen molar-refractivity contribution in [3.05, 3.63) is 35.4 Å². The van der Waals surface area contributed by atoms with Crippen molar-refractivity contribution in [2.24, 2.45) is 5.73 Å². The van der Waals surface area contributed by atoms with Crippen LogP contribution >= 0.6 is 12.4 Å². The fraction of sp³-hybridized carbons (Fsp3) is 0.529. The predicted molar refractivity (Wildman–Crippen MR) is 93.8 cm³/mol. The number of amides is 2. The summed E-state index contributed by atoms with van der Waals surface area (Å²) in [6.07, 6.45) is 1.20. The maximum atomic E-state index is 12.4. The van der Waals surface area contributed by atoms with E-state index < -0.39 is 0 Å². The molecule has 2 N–H and O–H groups in total. The summed E-state index contributed by atoms with van der Waals surface area (Å²) in [6, 6.07) is 7.66. The summed E-state index contributed by atoms with van der Waals surface area (Å²) in [7, 11) is 0. The Labute approximate surface area is 144 Å². The van der Waals surface area contributed by atoms with Crippen LogP contribution in [0, 0.1) is 6.92 Å². The van der Waals surface area contributed by atoms with Crippen molar-refractivity contribution in [2.45, 2.75) is 32.7 Å². The third kappa shape index (κ3) is 5.52. The van der Waals surface area contributed by atoms with Crippen LogP contribution in [0.1, 0.15) is 35.7 Å². The van der Waals surface area contributed by atoms with Crippen LogP contribution in [0.15, 0.2) is 24.3 Å². The highest BCUT2D eigenvalue weighted by Gasteiger charge is 2.24. The van der Waals surface area contributed by atoms with Crippen LogP contribution in [0.4, 0.5) is 0 Å². The third-order valence-electron chi connectivity index (χ3n) is 4.03. The number of hydrogen-bond acceptors (Lipinski definition) is 3. The summed E-state index contributed by atoms with van der Waals surface area (Å²) in [5, 5.41) is 0. The number of benzene rings is 1. The van der Waals surface area contributed by atoms with Gasteiger partial charge in [0, 0.05) is 44.2 Å².